The van der Waals surface area contributed by atoms with Crippen LogP contribution in [0.2, 0.25) is 0 Å². The summed E-state index contributed by atoms with van der Waals surface area (Å²) in [6.07, 6.45) is 3.01. The van der Waals surface area contributed by atoms with E-state index in [2.05, 4.69) is 58.2 Å². The van der Waals surface area contributed by atoms with E-state index >= 15 is 0 Å². The van der Waals surface area contributed by atoms with E-state index in [0.717, 1.165) is 37.0 Å². The summed E-state index contributed by atoms with van der Waals surface area (Å²) in [5, 5.41) is 7.91. The smallest absolute Gasteiger partial charge is 0.191 e. The van der Waals surface area contributed by atoms with Gasteiger partial charge in [-0.2, -0.15) is 0 Å². The molecule has 0 aliphatic carbocycles. The fourth-order valence-electron chi connectivity index (χ4n) is 2.88. The highest BCUT2D eigenvalue weighted by Crippen LogP contribution is 2.14. The van der Waals surface area contributed by atoms with E-state index < -0.39 is 0 Å². The second kappa shape index (κ2) is 10.7. The highest BCUT2D eigenvalue weighted by Gasteiger charge is 2.16. The first kappa shape index (κ1) is 20.1. The first-order valence-electron chi connectivity index (χ1n) is 9.47. The Morgan fingerprint density at radius 3 is 2.68 bits per heavy atom. The van der Waals surface area contributed by atoms with Gasteiger partial charge in [-0.05, 0) is 26.3 Å². The van der Waals surface area contributed by atoms with E-state index in [1.54, 1.807) is 11.3 Å². The Morgan fingerprint density at radius 1 is 1.28 bits per heavy atom. The molecular weight excluding hydrogens is 332 g/mol. The maximum absolute atomic E-state index is 4.68. The molecule has 0 aromatic carbocycles. The molecule has 0 bridgehead atoms. The highest BCUT2D eigenvalue weighted by atomic mass is 32.1. The zero-order valence-electron chi connectivity index (χ0n) is 16.2. The molecule has 25 heavy (non-hydrogen) atoms. The highest BCUT2D eigenvalue weighted by molar-refractivity contribution is 7.11. The van der Waals surface area contributed by atoms with Crippen LogP contribution in [0.4, 0.5) is 0 Å². The molecular formula is C18H34N6S. The summed E-state index contributed by atoms with van der Waals surface area (Å²) < 4.78 is 0. The summed E-state index contributed by atoms with van der Waals surface area (Å²) in [7, 11) is 2.20. The van der Waals surface area contributed by atoms with Crippen molar-refractivity contribution in [2.45, 2.75) is 33.7 Å². The number of thiazole rings is 1. The van der Waals surface area contributed by atoms with Gasteiger partial charge < -0.3 is 20.4 Å². The van der Waals surface area contributed by atoms with Crippen LogP contribution in [0.25, 0.3) is 0 Å². The lowest BCUT2D eigenvalue weighted by Crippen LogP contribution is -2.47. The Hall–Kier alpha value is -1.18. The van der Waals surface area contributed by atoms with Gasteiger partial charge in [-0.15, -0.1) is 11.3 Å². The van der Waals surface area contributed by atoms with Crippen molar-refractivity contribution < 1.29 is 0 Å². The van der Waals surface area contributed by atoms with E-state index in [4.69, 9.17) is 0 Å². The standard InChI is InChI=1S/C18H34N6S/c1-5-16-12-20-17(25-16)13-22-18(19-6-2)21-11-15(3)14-24-9-7-23(4)8-10-24/h12,15H,5-11,13-14H2,1-4H3,(H2,19,21,22). The number of likely N-dealkylation sites (N-methyl/N-ethyl adjacent to an activating group) is 1. The Morgan fingerprint density at radius 2 is 2.04 bits per heavy atom. The Kier molecular flexibility index (Phi) is 8.64. The van der Waals surface area contributed by atoms with Gasteiger partial charge in [0.1, 0.15) is 5.01 Å². The van der Waals surface area contributed by atoms with Crippen molar-refractivity contribution in [3.63, 3.8) is 0 Å². The van der Waals surface area contributed by atoms with Gasteiger partial charge in [-0.1, -0.05) is 13.8 Å². The maximum Gasteiger partial charge on any atom is 0.191 e. The number of nitrogens with one attached hydrogen (secondary N) is 2. The van der Waals surface area contributed by atoms with Crippen LogP contribution in [0.15, 0.2) is 11.2 Å². The van der Waals surface area contributed by atoms with Crippen molar-refractivity contribution in [1.29, 1.82) is 0 Å². The molecule has 2 rings (SSSR count). The van der Waals surface area contributed by atoms with Crippen molar-refractivity contribution in [3.05, 3.63) is 16.1 Å². The first-order valence-corrected chi connectivity index (χ1v) is 10.3. The van der Waals surface area contributed by atoms with Crippen molar-refractivity contribution in [1.82, 2.24) is 25.4 Å². The summed E-state index contributed by atoms with van der Waals surface area (Å²) in [5.74, 6) is 1.49. The molecule has 1 fully saturated rings. The van der Waals surface area contributed by atoms with Crippen molar-refractivity contribution >= 4 is 17.3 Å². The van der Waals surface area contributed by atoms with Gasteiger partial charge in [0.25, 0.3) is 0 Å². The number of aromatic nitrogens is 1. The quantitative estimate of drug-likeness (QED) is 0.541. The molecule has 7 heteroatoms. The second-order valence-corrected chi connectivity index (χ2v) is 8.06. The fraction of sp³-hybridized carbons (Fsp3) is 0.778. The molecule has 2 heterocycles. The molecule has 0 radical (unpaired) electrons. The summed E-state index contributed by atoms with van der Waals surface area (Å²) in [6.45, 7) is 14.9. The number of rotatable bonds is 8. The van der Waals surface area contributed by atoms with Gasteiger partial charge in [0.05, 0.1) is 6.54 Å². The molecule has 1 aliphatic heterocycles. The zero-order valence-corrected chi connectivity index (χ0v) is 17.0. The van der Waals surface area contributed by atoms with E-state index in [0.29, 0.717) is 12.5 Å². The monoisotopic (exact) mass is 366 g/mol. The van der Waals surface area contributed by atoms with E-state index in [-0.39, 0.29) is 0 Å². The molecule has 142 valence electrons. The average molecular weight is 367 g/mol. The minimum absolute atomic E-state index is 0.596. The van der Waals surface area contributed by atoms with E-state index in [1.165, 1.54) is 31.1 Å². The lowest BCUT2D eigenvalue weighted by atomic mass is 10.1. The fourth-order valence-corrected chi connectivity index (χ4v) is 3.67. The van der Waals surface area contributed by atoms with E-state index in [9.17, 15) is 0 Å². The van der Waals surface area contributed by atoms with Crippen LogP contribution in [-0.2, 0) is 13.0 Å². The third-order valence-corrected chi connectivity index (χ3v) is 5.58. The van der Waals surface area contributed by atoms with Gasteiger partial charge in [-0.3, -0.25) is 0 Å². The Bertz CT molecular complexity index is 521. The summed E-state index contributed by atoms with van der Waals surface area (Å²) in [6, 6.07) is 0. The largest absolute Gasteiger partial charge is 0.357 e. The number of piperazine rings is 1. The predicted octanol–water partition coefficient (Wildman–Crippen LogP) is 1.64. The molecule has 1 unspecified atom stereocenters. The molecule has 1 aromatic rings. The normalized spacial score (nSPS) is 18.3. The topological polar surface area (TPSA) is 55.8 Å². The van der Waals surface area contributed by atoms with Crippen molar-refractivity contribution in [2.75, 3.05) is 52.9 Å². The molecule has 1 saturated heterocycles. The van der Waals surface area contributed by atoms with Crippen LogP contribution >= 0.6 is 11.3 Å². The SMILES string of the molecule is CCNC(=NCc1ncc(CC)s1)NCC(C)CN1CCN(C)CC1. The van der Waals surface area contributed by atoms with Crippen molar-refractivity contribution in [3.8, 4) is 0 Å². The second-order valence-electron chi connectivity index (χ2n) is 6.86. The molecule has 6 nitrogen and oxygen atoms in total. The van der Waals surface area contributed by atoms with Gasteiger partial charge in [0.2, 0.25) is 0 Å². The summed E-state index contributed by atoms with van der Waals surface area (Å²) in [5.41, 5.74) is 0. The third-order valence-electron chi connectivity index (χ3n) is 4.45. The van der Waals surface area contributed by atoms with Crippen molar-refractivity contribution in [2.24, 2.45) is 10.9 Å². The maximum atomic E-state index is 4.68. The number of hydrogen-bond acceptors (Lipinski definition) is 5. The molecule has 0 saturated carbocycles. The third kappa shape index (κ3) is 7.30. The average Bonchev–Trinajstić information content (AvgIpc) is 3.07. The van der Waals surface area contributed by atoms with Crippen LogP contribution in [-0.4, -0.2) is 73.6 Å². The summed E-state index contributed by atoms with van der Waals surface area (Å²) >= 11 is 1.76. The minimum Gasteiger partial charge on any atom is -0.357 e. The molecule has 1 aromatic heterocycles. The Balaban J connectivity index is 1.76. The van der Waals surface area contributed by atoms with Crippen LogP contribution in [0.3, 0.4) is 0 Å². The van der Waals surface area contributed by atoms with Crippen LogP contribution in [0, 0.1) is 5.92 Å². The van der Waals surface area contributed by atoms with Gasteiger partial charge in [-0.25, -0.2) is 9.98 Å². The van der Waals surface area contributed by atoms with Crippen LogP contribution < -0.4 is 10.6 Å². The Labute approximate surface area is 156 Å². The molecule has 0 spiro atoms. The van der Waals surface area contributed by atoms with Gasteiger partial charge in [0.15, 0.2) is 5.96 Å². The lowest BCUT2D eigenvalue weighted by molar-refractivity contribution is 0.139. The number of hydrogen-bond donors (Lipinski definition) is 2. The lowest BCUT2D eigenvalue weighted by Gasteiger charge is -2.34. The van der Waals surface area contributed by atoms with E-state index in [1.807, 2.05) is 6.20 Å². The molecule has 1 aliphatic rings. The summed E-state index contributed by atoms with van der Waals surface area (Å²) in [4.78, 5) is 15.4. The first-order chi connectivity index (χ1) is 12.1. The number of aliphatic imine (C=N–C) groups is 1. The van der Waals surface area contributed by atoms with Gasteiger partial charge in [0, 0.05) is 56.9 Å². The van der Waals surface area contributed by atoms with Gasteiger partial charge >= 0.3 is 0 Å². The number of nitrogens with zero attached hydrogens (tertiary/aromatic N) is 4. The number of aryl methyl sites for hydroxylation is 1. The number of guanidine groups is 1. The molecule has 2 N–H and O–H groups in total. The predicted molar refractivity (Wildman–Crippen MR) is 107 cm³/mol. The molecule has 0 amide bonds. The van der Waals surface area contributed by atoms with Crippen LogP contribution in [0.5, 0.6) is 0 Å². The van der Waals surface area contributed by atoms with Crippen LogP contribution in [0.1, 0.15) is 30.7 Å². The molecule has 1 atom stereocenters. The zero-order chi connectivity index (χ0) is 18.1. The minimum atomic E-state index is 0.596.